The maximum atomic E-state index is 8.49. The Bertz CT molecular complexity index is 1230. The number of hydrogen-bond donors (Lipinski definition) is 0. The van der Waals surface area contributed by atoms with E-state index in [-0.39, 0.29) is 33.0 Å². The smallest absolute Gasteiger partial charge is 0.352 e. The van der Waals surface area contributed by atoms with Crippen molar-refractivity contribution in [2.24, 2.45) is 0 Å². The topological polar surface area (TPSA) is 221 Å². The molecule has 51 heavy (non-hydrogen) atoms. The number of halogens is 2. The van der Waals surface area contributed by atoms with Crippen molar-refractivity contribution in [2.75, 3.05) is 38.8 Å². The fourth-order valence-corrected chi connectivity index (χ4v) is 9.32. The molecule has 0 aromatic heterocycles. The molecule has 2 heterocycles. The van der Waals surface area contributed by atoms with Crippen molar-refractivity contribution < 1.29 is 97.1 Å². The van der Waals surface area contributed by atoms with Crippen LogP contribution in [0.4, 0.5) is 0 Å². The van der Waals surface area contributed by atoms with Crippen molar-refractivity contribution in [3.8, 4) is 0 Å². The zero-order valence-electron chi connectivity index (χ0n) is 27.2. The van der Waals surface area contributed by atoms with Gasteiger partial charge in [0.05, 0.1) is 26.4 Å². The fourth-order valence-electron chi connectivity index (χ4n) is 4.73. The molecule has 6 rings (SSSR count). The standard InChI is InChI=1S/2C17H19O2P.2ClHO4.Pd/c2*1-3-8-15(9-4-1)20(16-10-5-2-6-11-16)14-17-18-12-7-13-19-17;2*2-1(3,4)5;/h2*1-6,8-11,17H,7,12-14H2;2*(H,2,3,4,5);/q;;;;+2/p-2. The van der Waals surface area contributed by atoms with Gasteiger partial charge < -0.3 is 18.9 Å². The summed E-state index contributed by atoms with van der Waals surface area (Å²) in [6.07, 6.45) is 3.76. The Labute approximate surface area is 318 Å². The first-order valence-corrected chi connectivity index (χ1v) is 20.8. The molecule has 17 heteroatoms. The summed E-state index contributed by atoms with van der Waals surface area (Å²) in [5, 5.41) is 5.52. The molecule has 2 aliphatic heterocycles. The van der Waals surface area contributed by atoms with Gasteiger partial charge in [-0.1, -0.05) is 121 Å². The van der Waals surface area contributed by atoms with Crippen LogP contribution in [0.25, 0.3) is 0 Å². The van der Waals surface area contributed by atoms with Crippen LogP contribution < -0.4 is 58.5 Å². The second-order valence-corrected chi connectivity index (χ2v) is 16.4. The first-order chi connectivity index (χ1) is 23.9. The Balaban J connectivity index is 0.000000276. The number of rotatable bonds is 8. The van der Waals surface area contributed by atoms with E-state index < -0.39 is 36.3 Å². The van der Waals surface area contributed by atoms with Gasteiger partial charge in [0.15, 0.2) is 12.6 Å². The monoisotopic (exact) mass is 876 g/mol. The van der Waals surface area contributed by atoms with Crippen molar-refractivity contribution >= 4 is 37.1 Å². The Morgan fingerprint density at radius 3 is 0.804 bits per heavy atom. The third kappa shape index (κ3) is 21.1. The van der Waals surface area contributed by atoms with Gasteiger partial charge in [-0.15, -0.1) is 20.5 Å². The number of hydrogen-bond acceptors (Lipinski definition) is 12. The summed E-state index contributed by atoms with van der Waals surface area (Å²) in [5.41, 5.74) is 0. The van der Waals surface area contributed by atoms with Crippen LogP contribution in [0.2, 0.25) is 0 Å². The van der Waals surface area contributed by atoms with E-state index in [2.05, 4.69) is 121 Å². The van der Waals surface area contributed by atoms with E-state index in [4.69, 9.17) is 56.2 Å². The van der Waals surface area contributed by atoms with Crippen LogP contribution in [-0.2, 0) is 39.4 Å². The van der Waals surface area contributed by atoms with Gasteiger partial charge in [0.2, 0.25) is 0 Å². The summed E-state index contributed by atoms with van der Waals surface area (Å²) < 4.78 is 90.9. The van der Waals surface area contributed by atoms with E-state index >= 15 is 0 Å². The van der Waals surface area contributed by atoms with Gasteiger partial charge in [-0.3, -0.25) is 0 Å². The summed E-state index contributed by atoms with van der Waals surface area (Å²) >= 11 is 0. The van der Waals surface area contributed by atoms with E-state index in [9.17, 15) is 0 Å². The minimum absolute atomic E-state index is 0. The van der Waals surface area contributed by atoms with Crippen LogP contribution in [0.5, 0.6) is 0 Å². The maximum absolute atomic E-state index is 8.49. The number of ether oxygens (including phenoxy) is 4. The van der Waals surface area contributed by atoms with Gasteiger partial charge in [0.1, 0.15) is 0 Å². The maximum Gasteiger partial charge on any atom is 2.00 e. The molecule has 0 amide bonds. The van der Waals surface area contributed by atoms with Crippen LogP contribution in [0.15, 0.2) is 121 Å². The number of benzene rings is 4. The molecule has 0 spiro atoms. The predicted octanol–water partition coefficient (Wildman–Crippen LogP) is -3.75. The van der Waals surface area contributed by atoms with Gasteiger partial charge in [-0.25, -0.2) is 37.3 Å². The zero-order chi connectivity index (χ0) is 36.2. The van der Waals surface area contributed by atoms with Gasteiger partial charge in [0.25, 0.3) is 0 Å². The van der Waals surface area contributed by atoms with Crippen LogP contribution in [-0.4, -0.2) is 51.3 Å². The molecule has 0 unspecified atom stereocenters. The molecule has 2 fully saturated rings. The first-order valence-electron chi connectivity index (χ1n) is 15.3. The molecule has 4 aromatic rings. The average Bonchev–Trinajstić information content (AvgIpc) is 3.11. The summed E-state index contributed by atoms with van der Waals surface area (Å²) in [7, 11) is -10.7. The SMILES string of the molecule is [O-][Cl+3]([O-])([O-])[O-].[O-][Cl+3]([O-])([O-])[O-].[Pd+2].c1ccc(P(CC2OCCCO2)c2ccccc2)cc1.c1ccc(P(CC2OCCCO2)c2ccccc2)cc1. The molecule has 0 N–H and O–H groups in total. The van der Waals surface area contributed by atoms with Crippen molar-refractivity contribution in [3.05, 3.63) is 121 Å². The van der Waals surface area contributed by atoms with Gasteiger partial charge in [-0.2, -0.15) is 0 Å². The second kappa shape index (κ2) is 24.7. The first kappa shape index (κ1) is 45.7. The summed E-state index contributed by atoms with van der Waals surface area (Å²) in [6, 6.07) is 42.8. The molecule has 280 valence electrons. The van der Waals surface area contributed by atoms with E-state index in [1.54, 1.807) is 0 Å². The molecule has 2 saturated heterocycles. The van der Waals surface area contributed by atoms with Crippen LogP contribution >= 0.6 is 15.8 Å². The normalized spacial score (nSPS) is 15.3. The molecular weight excluding hydrogens is 840 g/mol. The minimum Gasteiger partial charge on any atom is -0.352 e. The van der Waals surface area contributed by atoms with Crippen LogP contribution in [0, 0.1) is 20.5 Å². The Kier molecular flexibility index (Phi) is 22.2. The molecule has 0 saturated carbocycles. The molecule has 0 atom stereocenters. The summed E-state index contributed by atoms with van der Waals surface area (Å²) in [6.45, 7) is 3.27. The van der Waals surface area contributed by atoms with E-state index in [1.807, 2.05) is 0 Å². The molecule has 12 nitrogen and oxygen atoms in total. The van der Waals surface area contributed by atoms with Gasteiger partial charge >= 0.3 is 20.4 Å². The Hall–Kier alpha value is -1.50. The molecule has 2 aliphatic rings. The van der Waals surface area contributed by atoms with Crippen molar-refractivity contribution in [1.29, 1.82) is 0 Å². The minimum atomic E-state index is -4.94. The van der Waals surface area contributed by atoms with Crippen LogP contribution in [0.1, 0.15) is 12.8 Å². The quantitative estimate of drug-likeness (QED) is 0.123. The zero-order valence-corrected chi connectivity index (χ0v) is 32.1. The van der Waals surface area contributed by atoms with Crippen molar-refractivity contribution in [3.63, 3.8) is 0 Å². The Morgan fingerprint density at radius 1 is 0.412 bits per heavy atom. The Morgan fingerprint density at radius 2 is 0.608 bits per heavy atom. The third-order valence-corrected chi connectivity index (χ3v) is 11.7. The van der Waals surface area contributed by atoms with Crippen molar-refractivity contribution in [2.45, 2.75) is 25.4 Å². The van der Waals surface area contributed by atoms with Gasteiger partial charge in [0, 0.05) is 12.3 Å². The average molecular weight is 878 g/mol. The fraction of sp³-hybridized carbons (Fsp3) is 0.294. The van der Waals surface area contributed by atoms with Crippen LogP contribution in [0.3, 0.4) is 0 Å². The van der Waals surface area contributed by atoms with E-state index in [0.717, 1.165) is 51.6 Å². The molecule has 4 aromatic carbocycles. The molecular formula is C34H38Cl2O12P2Pd. The second-order valence-electron chi connectivity index (χ2n) is 10.4. The third-order valence-electron chi connectivity index (χ3n) is 6.73. The predicted molar refractivity (Wildman–Crippen MR) is 168 cm³/mol. The largest absolute Gasteiger partial charge is 2.00 e. The summed E-state index contributed by atoms with van der Waals surface area (Å²) in [4.78, 5) is 0. The van der Waals surface area contributed by atoms with Crippen molar-refractivity contribution in [1.82, 2.24) is 0 Å². The molecule has 0 bridgehead atoms. The molecule has 0 radical (unpaired) electrons. The van der Waals surface area contributed by atoms with E-state index in [1.165, 1.54) is 21.2 Å². The van der Waals surface area contributed by atoms with Gasteiger partial charge in [-0.05, 0) is 49.9 Å². The molecule has 0 aliphatic carbocycles. The summed E-state index contributed by atoms with van der Waals surface area (Å²) in [5.74, 6) is 0. The van der Waals surface area contributed by atoms with E-state index in [0.29, 0.717) is 0 Å².